The van der Waals surface area contributed by atoms with Gasteiger partial charge in [-0.05, 0) is 30.2 Å². The number of likely N-dealkylation sites (N-methyl/N-ethyl adjacent to an activating group) is 1. The maximum absolute atomic E-state index is 12.0. The summed E-state index contributed by atoms with van der Waals surface area (Å²) < 4.78 is 5.17. The van der Waals surface area contributed by atoms with Crippen molar-refractivity contribution >= 4 is 17.4 Å². The number of nitrogens with zero attached hydrogens (tertiary/aromatic N) is 1. The Labute approximate surface area is 124 Å². The van der Waals surface area contributed by atoms with Crippen LogP contribution in [0.1, 0.15) is 18.9 Å². The zero-order valence-corrected chi connectivity index (χ0v) is 12.6. The number of amides is 2. The topological polar surface area (TPSA) is 58.6 Å². The third kappa shape index (κ3) is 3.84. The minimum Gasteiger partial charge on any atom is -0.497 e. The molecule has 1 heterocycles. The van der Waals surface area contributed by atoms with Gasteiger partial charge in [-0.1, -0.05) is 12.1 Å². The maximum Gasteiger partial charge on any atom is 0.244 e. The Bertz CT molecular complexity index is 581. The Balaban J connectivity index is 2.01. The fraction of sp³-hybridized carbons (Fsp3) is 0.375. The molecule has 5 heteroatoms. The summed E-state index contributed by atoms with van der Waals surface area (Å²) in [7, 11) is 3.35. The monoisotopic (exact) mass is 288 g/mol. The maximum atomic E-state index is 12.0. The Morgan fingerprint density at radius 3 is 2.86 bits per heavy atom. The highest BCUT2D eigenvalue weighted by Gasteiger charge is 2.27. The van der Waals surface area contributed by atoms with E-state index in [-0.39, 0.29) is 17.9 Å². The molecule has 0 bridgehead atoms. The minimum atomic E-state index is -0.177. The van der Waals surface area contributed by atoms with Gasteiger partial charge in [0.1, 0.15) is 5.75 Å². The zero-order chi connectivity index (χ0) is 15.4. The fourth-order valence-corrected chi connectivity index (χ4v) is 2.35. The van der Waals surface area contributed by atoms with Crippen molar-refractivity contribution in [3.8, 4) is 5.75 Å². The predicted octanol–water partition coefficient (Wildman–Crippen LogP) is 1.45. The van der Waals surface area contributed by atoms with Gasteiger partial charge in [-0.3, -0.25) is 9.59 Å². The van der Waals surface area contributed by atoms with E-state index in [2.05, 4.69) is 5.32 Å². The number of nitrogens with one attached hydrogen (secondary N) is 1. The second-order valence-electron chi connectivity index (χ2n) is 5.24. The van der Waals surface area contributed by atoms with Crippen molar-refractivity contribution in [3.05, 3.63) is 35.9 Å². The highest BCUT2D eigenvalue weighted by Crippen LogP contribution is 2.19. The van der Waals surface area contributed by atoms with E-state index in [1.165, 1.54) is 0 Å². The lowest BCUT2D eigenvalue weighted by molar-refractivity contribution is -0.126. The third-order valence-electron chi connectivity index (χ3n) is 3.56. The molecule has 1 N–H and O–H groups in total. The molecular formula is C16H20N2O3. The van der Waals surface area contributed by atoms with E-state index in [4.69, 9.17) is 4.74 Å². The van der Waals surface area contributed by atoms with Crippen LogP contribution in [0.2, 0.25) is 0 Å². The summed E-state index contributed by atoms with van der Waals surface area (Å²) in [4.78, 5) is 25.1. The predicted molar refractivity (Wildman–Crippen MR) is 80.8 cm³/mol. The van der Waals surface area contributed by atoms with Gasteiger partial charge in [-0.25, -0.2) is 0 Å². The number of allylic oxidation sites excluding steroid dienone is 1. The molecule has 1 fully saturated rings. The molecule has 1 aliphatic rings. The molecule has 1 atom stereocenters. The lowest BCUT2D eigenvalue weighted by Gasteiger charge is -2.11. The van der Waals surface area contributed by atoms with Gasteiger partial charge in [0.15, 0.2) is 0 Å². The van der Waals surface area contributed by atoms with Crippen LogP contribution in [0, 0.1) is 0 Å². The molecule has 1 aromatic carbocycles. The van der Waals surface area contributed by atoms with Crippen LogP contribution in [-0.2, 0) is 9.59 Å². The van der Waals surface area contributed by atoms with E-state index >= 15 is 0 Å². The van der Waals surface area contributed by atoms with E-state index in [0.29, 0.717) is 13.0 Å². The minimum absolute atomic E-state index is 0.0637. The van der Waals surface area contributed by atoms with Gasteiger partial charge in [0.2, 0.25) is 11.8 Å². The van der Waals surface area contributed by atoms with Crippen LogP contribution in [0.25, 0.3) is 5.57 Å². The second kappa shape index (κ2) is 6.43. The Morgan fingerprint density at radius 1 is 1.48 bits per heavy atom. The Morgan fingerprint density at radius 2 is 2.24 bits per heavy atom. The second-order valence-corrected chi connectivity index (χ2v) is 5.24. The SMILES string of the molecule is COc1cccc(C(C)=CC(=O)NC2CC(=O)N(C)C2)c1. The molecule has 0 aromatic heterocycles. The number of carbonyl (C=O) groups excluding carboxylic acids is 2. The van der Waals surface area contributed by atoms with E-state index in [1.807, 2.05) is 31.2 Å². The van der Waals surface area contributed by atoms with Gasteiger partial charge in [0.05, 0.1) is 13.2 Å². The summed E-state index contributed by atoms with van der Waals surface area (Å²) >= 11 is 0. The molecule has 5 nitrogen and oxygen atoms in total. The first-order valence-corrected chi connectivity index (χ1v) is 6.87. The van der Waals surface area contributed by atoms with Crippen LogP contribution in [0.4, 0.5) is 0 Å². The van der Waals surface area contributed by atoms with Crippen molar-refractivity contribution in [3.63, 3.8) is 0 Å². The normalized spacial score (nSPS) is 18.8. The number of hydrogen-bond donors (Lipinski definition) is 1. The smallest absolute Gasteiger partial charge is 0.244 e. The van der Waals surface area contributed by atoms with Crippen LogP contribution in [0.3, 0.4) is 0 Å². The van der Waals surface area contributed by atoms with E-state index < -0.39 is 0 Å². The molecular weight excluding hydrogens is 268 g/mol. The van der Waals surface area contributed by atoms with Gasteiger partial charge >= 0.3 is 0 Å². The molecule has 112 valence electrons. The van der Waals surface area contributed by atoms with Gasteiger partial charge in [-0.2, -0.15) is 0 Å². The number of carbonyl (C=O) groups is 2. The van der Waals surface area contributed by atoms with Crippen LogP contribution in [0.5, 0.6) is 5.75 Å². The lowest BCUT2D eigenvalue weighted by atomic mass is 10.1. The lowest BCUT2D eigenvalue weighted by Crippen LogP contribution is -2.35. The van der Waals surface area contributed by atoms with Crippen molar-refractivity contribution in [2.24, 2.45) is 0 Å². The Kier molecular flexibility index (Phi) is 4.62. The van der Waals surface area contributed by atoms with Crippen LogP contribution in [0.15, 0.2) is 30.3 Å². The largest absolute Gasteiger partial charge is 0.497 e. The number of benzene rings is 1. The van der Waals surface area contributed by atoms with Crippen molar-refractivity contribution in [2.45, 2.75) is 19.4 Å². The molecule has 0 saturated carbocycles. The highest BCUT2D eigenvalue weighted by atomic mass is 16.5. The first-order chi connectivity index (χ1) is 9.99. The van der Waals surface area contributed by atoms with E-state index in [0.717, 1.165) is 16.9 Å². The van der Waals surface area contributed by atoms with Crippen molar-refractivity contribution in [1.82, 2.24) is 10.2 Å². The van der Waals surface area contributed by atoms with E-state index in [1.54, 1.807) is 25.1 Å². The summed E-state index contributed by atoms with van der Waals surface area (Å²) in [5.74, 6) is 0.640. The summed E-state index contributed by atoms with van der Waals surface area (Å²) in [5.41, 5.74) is 1.79. The third-order valence-corrected chi connectivity index (χ3v) is 3.56. The van der Waals surface area contributed by atoms with Crippen LogP contribution < -0.4 is 10.1 Å². The van der Waals surface area contributed by atoms with Crippen molar-refractivity contribution in [1.29, 1.82) is 0 Å². The van der Waals surface area contributed by atoms with Crippen molar-refractivity contribution < 1.29 is 14.3 Å². The zero-order valence-electron chi connectivity index (χ0n) is 12.6. The average molecular weight is 288 g/mol. The molecule has 21 heavy (non-hydrogen) atoms. The van der Waals surface area contributed by atoms with Gasteiger partial charge in [-0.15, -0.1) is 0 Å². The average Bonchev–Trinajstić information content (AvgIpc) is 2.77. The molecule has 1 unspecified atom stereocenters. The number of rotatable bonds is 4. The fourth-order valence-electron chi connectivity index (χ4n) is 2.35. The molecule has 1 saturated heterocycles. The molecule has 1 aliphatic heterocycles. The molecule has 0 aliphatic carbocycles. The first-order valence-electron chi connectivity index (χ1n) is 6.87. The number of methoxy groups -OCH3 is 1. The molecule has 0 radical (unpaired) electrons. The quantitative estimate of drug-likeness (QED) is 0.853. The summed E-state index contributed by atoms with van der Waals surface area (Å²) in [6.45, 7) is 2.44. The highest BCUT2D eigenvalue weighted by molar-refractivity contribution is 5.95. The molecule has 0 spiro atoms. The number of hydrogen-bond acceptors (Lipinski definition) is 3. The molecule has 2 rings (SSSR count). The van der Waals surface area contributed by atoms with Crippen LogP contribution in [-0.4, -0.2) is 43.5 Å². The van der Waals surface area contributed by atoms with Crippen LogP contribution >= 0.6 is 0 Å². The van der Waals surface area contributed by atoms with Gasteiger partial charge in [0.25, 0.3) is 0 Å². The summed E-state index contributed by atoms with van der Waals surface area (Å²) in [6, 6.07) is 7.44. The standard InChI is InChI=1S/C16H20N2O3/c1-11(12-5-4-6-14(8-12)21-3)7-15(19)17-13-9-16(20)18(2)10-13/h4-8,13H,9-10H2,1-3H3,(H,17,19). The van der Waals surface area contributed by atoms with E-state index in [9.17, 15) is 9.59 Å². The molecule has 1 aromatic rings. The summed E-state index contributed by atoms with van der Waals surface area (Å²) in [5, 5.41) is 2.86. The molecule has 2 amide bonds. The van der Waals surface area contributed by atoms with Gasteiger partial charge < -0.3 is 15.0 Å². The number of ether oxygens (including phenoxy) is 1. The first kappa shape index (κ1) is 15.1. The van der Waals surface area contributed by atoms with Crippen molar-refractivity contribution in [2.75, 3.05) is 20.7 Å². The summed E-state index contributed by atoms with van der Waals surface area (Å²) in [6.07, 6.45) is 1.92. The number of likely N-dealkylation sites (tertiary alicyclic amines) is 1. The van der Waals surface area contributed by atoms with Gasteiger partial charge in [0, 0.05) is 26.1 Å². The Hall–Kier alpha value is -2.30.